The van der Waals surface area contributed by atoms with Gasteiger partial charge in [-0.15, -0.1) is 0 Å². The number of hydrogen-bond donors (Lipinski definition) is 1. The number of aryl methyl sites for hydroxylation is 2. The van der Waals surface area contributed by atoms with Crippen LogP contribution < -0.4 is 14.8 Å². The number of ether oxygens (including phenoxy) is 2. The molecule has 0 aliphatic rings. The van der Waals surface area contributed by atoms with E-state index in [4.69, 9.17) is 9.47 Å². The molecular formula is C20H24FNO3. The standard InChI is InChI=1S/C20H24FNO3/c1-15-5-6-16(2)19(13-15)25-14-20(23)22-11-3-4-12-24-18-9-7-17(21)8-10-18/h5-10,13H,3-4,11-12,14H2,1-2H3,(H,22,23). The van der Waals surface area contributed by atoms with E-state index in [9.17, 15) is 9.18 Å². The molecule has 134 valence electrons. The number of benzene rings is 2. The molecule has 0 saturated heterocycles. The first-order valence-electron chi connectivity index (χ1n) is 8.40. The Morgan fingerprint density at radius 2 is 1.80 bits per heavy atom. The summed E-state index contributed by atoms with van der Waals surface area (Å²) in [6, 6.07) is 11.8. The zero-order valence-corrected chi connectivity index (χ0v) is 14.7. The monoisotopic (exact) mass is 345 g/mol. The summed E-state index contributed by atoms with van der Waals surface area (Å²) in [5.41, 5.74) is 2.11. The van der Waals surface area contributed by atoms with Gasteiger partial charge in [-0.3, -0.25) is 4.79 Å². The fourth-order valence-corrected chi connectivity index (χ4v) is 2.23. The van der Waals surface area contributed by atoms with E-state index in [1.165, 1.54) is 12.1 Å². The molecule has 0 aromatic heterocycles. The Bertz CT molecular complexity index is 686. The maximum Gasteiger partial charge on any atom is 0.257 e. The minimum atomic E-state index is -0.280. The highest BCUT2D eigenvalue weighted by Crippen LogP contribution is 2.18. The van der Waals surface area contributed by atoms with Crippen LogP contribution in [-0.4, -0.2) is 25.7 Å². The lowest BCUT2D eigenvalue weighted by molar-refractivity contribution is -0.123. The van der Waals surface area contributed by atoms with Crippen molar-refractivity contribution in [2.75, 3.05) is 19.8 Å². The van der Waals surface area contributed by atoms with Crippen molar-refractivity contribution in [2.45, 2.75) is 26.7 Å². The fraction of sp³-hybridized carbons (Fsp3) is 0.350. The van der Waals surface area contributed by atoms with Crippen molar-refractivity contribution in [2.24, 2.45) is 0 Å². The average Bonchev–Trinajstić information content (AvgIpc) is 2.60. The van der Waals surface area contributed by atoms with Crippen molar-refractivity contribution in [1.29, 1.82) is 0 Å². The predicted octanol–water partition coefficient (Wildman–Crippen LogP) is 3.80. The Kier molecular flexibility index (Phi) is 7.26. The summed E-state index contributed by atoms with van der Waals surface area (Å²) < 4.78 is 23.8. The number of carbonyl (C=O) groups is 1. The van der Waals surface area contributed by atoms with Crippen LogP contribution in [0.25, 0.3) is 0 Å². The lowest BCUT2D eigenvalue weighted by Gasteiger charge is -2.10. The molecule has 2 aromatic rings. The van der Waals surface area contributed by atoms with E-state index in [0.29, 0.717) is 18.9 Å². The Labute approximate surface area is 148 Å². The highest BCUT2D eigenvalue weighted by molar-refractivity contribution is 5.77. The molecule has 0 aliphatic heterocycles. The molecule has 4 nitrogen and oxygen atoms in total. The largest absolute Gasteiger partial charge is 0.494 e. The van der Waals surface area contributed by atoms with Crippen molar-refractivity contribution in [3.63, 3.8) is 0 Å². The predicted molar refractivity (Wildman–Crippen MR) is 95.5 cm³/mol. The molecule has 1 amide bonds. The van der Waals surface area contributed by atoms with Crippen molar-refractivity contribution in [1.82, 2.24) is 5.32 Å². The molecule has 0 spiro atoms. The minimum absolute atomic E-state index is 0.0103. The number of rotatable bonds is 9. The Hall–Kier alpha value is -2.56. The number of hydrogen-bond acceptors (Lipinski definition) is 3. The summed E-state index contributed by atoms with van der Waals surface area (Å²) in [7, 11) is 0. The molecule has 0 atom stereocenters. The molecule has 0 unspecified atom stereocenters. The first kappa shape index (κ1) is 18.8. The highest BCUT2D eigenvalue weighted by Gasteiger charge is 2.05. The van der Waals surface area contributed by atoms with Gasteiger partial charge >= 0.3 is 0 Å². The summed E-state index contributed by atoms with van der Waals surface area (Å²) in [5, 5.41) is 2.82. The third kappa shape index (κ3) is 6.83. The number of amides is 1. The number of unbranched alkanes of at least 4 members (excludes halogenated alkanes) is 1. The SMILES string of the molecule is Cc1ccc(C)c(OCC(=O)NCCCCOc2ccc(F)cc2)c1. The number of halogens is 1. The van der Waals surface area contributed by atoms with Gasteiger partial charge in [-0.1, -0.05) is 12.1 Å². The van der Waals surface area contributed by atoms with Crippen LogP contribution in [0, 0.1) is 19.7 Å². The van der Waals surface area contributed by atoms with Crippen LogP contribution >= 0.6 is 0 Å². The second-order valence-electron chi connectivity index (χ2n) is 5.92. The molecule has 2 rings (SSSR count). The van der Waals surface area contributed by atoms with E-state index in [0.717, 1.165) is 29.7 Å². The van der Waals surface area contributed by atoms with Crippen LogP contribution in [0.4, 0.5) is 4.39 Å². The molecule has 0 radical (unpaired) electrons. The molecule has 1 N–H and O–H groups in total. The maximum atomic E-state index is 12.8. The summed E-state index contributed by atoms with van der Waals surface area (Å²) >= 11 is 0. The van der Waals surface area contributed by atoms with E-state index in [1.807, 2.05) is 32.0 Å². The van der Waals surface area contributed by atoms with Crippen LogP contribution in [0.3, 0.4) is 0 Å². The van der Waals surface area contributed by atoms with E-state index in [2.05, 4.69) is 5.32 Å². The Morgan fingerprint density at radius 3 is 2.56 bits per heavy atom. The Balaban J connectivity index is 1.56. The summed E-state index contributed by atoms with van der Waals surface area (Å²) in [5.74, 6) is 0.966. The van der Waals surface area contributed by atoms with Crippen molar-refractivity contribution >= 4 is 5.91 Å². The van der Waals surface area contributed by atoms with Gasteiger partial charge < -0.3 is 14.8 Å². The van der Waals surface area contributed by atoms with Crippen molar-refractivity contribution in [3.8, 4) is 11.5 Å². The van der Waals surface area contributed by atoms with Gasteiger partial charge in [0.25, 0.3) is 5.91 Å². The van der Waals surface area contributed by atoms with Crippen LogP contribution in [-0.2, 0) is 4.79 Å². The van der Waals surface area contributed by atoms with Crippen molar-refractivity contribution < 1.29 is 18.7 Å². The summed E-state index contributed by atoms with van der Waals surface area (Å²) in [6.07, 6.45) is 1.60. The molecular weight excluding hydrogens is 321 g/mol. The second-order valence-corrected chi connectivity index (χ2v) is 5.92. The van der Waals surface area contributed by atoms with Crippen LogP contribution in [0.5, 0.6) is 11.5 Å². The number of carbonyl (C=O) groups excluding carboxylic acids is 1. The topological polar surface area (TPSA) is 47.6 Å². The lowest BCUT2D eigenvalue weighted by atomic mass is 10.1. The smallest absolute Gasteiger partial charge is 0.257 e. The van der Waals surface area contributed by atoms with Gasteiger partial charge in [-0.25, -0.2) is 4.39 Å². The van der Waals surface area contributed by atoms with Gasteiger partial charge in [-0.05, 0) is 68.1 Å². The first-order chi connectivity index (χ1) is 12.0. The third-order valence-electron chi connectivity index (χ3n) is 3.68. The van der Waals surface area contributed by atoms with Gasteiger partial charge in [0.2, 0.25) is 0 Å². The first-order valence-corrected chi connectivity index (χ1v) is 8.40. The van der Waals surface area contributed by atoms with Gasteiger partial charge in [0.1, 0.15) is 17.3 Å². The molecule has 0 bridgehead atoms. The van der Waals surface area contributed by atoms with Crippen LogP contribution in [0.15, 0.2) is 42.5 Å². The van der Waals surface area contributed by atoms with E-state index in [-0.39, 0.29) is 18.3 Å². The van der Waals surface area contributed by atoms with Gasteiger partial charge in [0.15, 0.2) is 6.61 Å². The summed E-state index contributed by atoms with van der Waals surface area (Å²) in [4.78, 5) is 11.8. The minimum Gasteiger partial charge on any atom is -0.494 e. The molecule has 0 heterocycles. The Morgan fingerprint density at radius 1 is 1.04 bits per heavy atom. The molecule has 25 heavy (non-hydrogen) atoms. The second kappa shape index (κ2) is 9.67. The van der Waals surface area contributed by atoms with E-state index < -0.39 is 0 Å². The highest BCUT2D eigenvalue weighted by atomic mass is 19.1. The lowest BCUT2D eigenvalue weighted by Crippen LogP contribution is -2.30. The molecule has 0 saturated carbocycles. The van der Waals surface area contributed by atoms with Gasteiger partial charge in [0, 0.05) is 6.54 Å². The normalized spacial score (nSPS) is 10.4. The van der Waals surface area contributed by atoms with Crippen LogP contribution in [0.1, 0.15) is 24.0 Å². The zero-order valence-electron chi connectivity index (χ0n) is 14.7. The molecule has 0 fully saturated rings. The molecule has 5 heteroatoms. The quantitative estimate of drug-likeness (QED) is 0.703. The average molecular weight is 345 g/mol. The van der Waals surface area contributed by atoms with Crippen LogP contribution in [0.2, 0.25) is 0 Å². The zero-order chi connectivity index (χ0) is 18.1. The summed E-state index contributed by atoms with van der Waals surface area (Å²) in [6.45, 7) is 5.05. The van der Waals surface area contributed by atoms with E-state index in [1.54, 1.807) is 12.1 Å². The molecule has 2 aromatic carbocycles. The maximum absolute atomic E-state index is 12.8. The van der Waals surface area contributed by atoms with Crippen molar-refractivity contribution in [3.05, 3.63) is 59.4 Å². The van der Waals surface area contributed by atoms with E-state index >= 15 is 0 Å². The fourth-order valence-electron chi connectivity index (χ4n) is 2.23. The van der Waals surface area contributed by atoms with Gasteiger partial charge in [0.05, 0.1) is 6.61 Å². The molecule has 0 aliphatic carbocycles. The number of nitrogens with one attached hydrogen (secondary N) is 1. The van der Waals surface area contributed by atoms with Gasteiger partial charge in [-0.2, -0.15) is 0 Å². The third-order valence-corrected chi connectivity index (χ3v) is 3.68.